The second-order valence-electron chi connectivity index (χ2n) is 5.04. The molecular formula is C14H14F3N3O4S2. The van der Waals surface area contributed by atoms with E-state index < -0.39 is 27.7 Å². The highest BCUT2D eigenvalue weighted by atomic mass is 32.2. The van der Waals surface area contributed by atoms with Crippen LogP contribution in [0.1, 0.15) is 10.7 Å². The first-order valence-corrected chi connectivity index (χ1v) is 9.73. The van der Waals surface area contributed by atoms with Crippen molar-refractivity contribution in [2.45, 2.75) is 17.6 Å². The molecule has 2 amide bonds. The van der Waals surface area contributed by atoms with Gasteiger partial charge in [-0.25, -0.2) is 18.2 Å². The molecule has 2 N–H and O–H groups in total. The van der Waals surface area contributed by atoms with Gasteiger partial charge in [0.15, 0.2) is 15.5 Å². The highest BCUT2D eigenvalue weighted by molar-refractivity contribution is 7.90. The summed E-state index contributed by atoms with van der Waals surface area (Å²) in [7, 11) is -2.35. The van der Waals surface area contributed by atoms with Crippen molar-refractivity contribution in [3.63, 3.8) is 0 Å². The van der Waals surface area contributed by atoms with Gasteiger partial charge in [-0.1, -0.05) is 6.07 Å². The number of aromatic nitrogens is 1. The molecule has 142 valence electrons. The van der Waals surface area contributed by atoms with E-state index >= 15 is 0 Å². The van der Waals surface area contributed by atoms with E-state index in [1.807, 2.05) is 0 Å². The minimum absolute atomic E-state index is 0.0517. The van der Waals surface area contributed by atoms with Crippen molar-refractivity contribution in [1.29, 1.82) is 0 Å². The highest BCUT2D eigenvalue weighted by Gasteiger charge is 2.33. The number of carbonyl (C=O) groups is 1. The second kappa shape index (κ2) is 7.50. The molecule has 0 saturated heterocycles. The zero-order valence-electron chi connectivity index (χ0n) is 13.5. The molecule has 0 aliphatic heterocycles. The fraction of sp³-hybridized carbons (Fsp3) is 0.286. The predicted molar refractivity (Wildman–Crippen MR) is 89.1 cm³/mol. The van der Waals surface area contributed by atoms with E-state index in [0.29, 0.717) is 0 Å². The average molecular weight is 409 g/mol. The number of rotatable bonds is 5. The van der Waals surface area contributed by atoms with E-state index in [1.165, 1.54) is 25.3 Å². The Kier molecular flexibility index (Phi) is 5.76. The van der Waals surface area contributed by atoms with Crippen LogP contribution in [0.15, 0.2) is 28.5 Å². The van der Waals surface area contributed by atoms with Crippen molar-refractivity contribution < 1.29 is 31.1 Å². The minimum Gasteiger partial charge on any atom is -0.495 e. The standard InChI is InChI=1S/C14H14F3N3O4S2/c1-24-8-4-3-5-9(26(2,22)23)12(8)20-13(21)18-6-11-19-10(7-25-11)14(15,16)17/h3-5,7H,6H2,1-2H3,(H2,18,20,21). The number of methoxy groups -OCH3 is 1. The van der Waals surface area contributed by atoms with E-state index in [4.69, 9.17) is 4.74 Å². The third-order valence-corrected chi connectivity index (χ3v) is 5.08. The van der Waals surface area contributed by atoms with Gasteiger partial charge in [-0.3, -0.25) is 0 Å². The van der Waals surface area contributed by atoms with Crippen LogP contribution in [0.3, 0.4) is 0 Å². The quantitative estimate of drug-likeness (QED) is 0.792. The lowest BCUT2D eigenvalue weighted by Crippen LogP contribution is -2.29. The van der Waals surface area contributed by atoms with Gasteiger partial charge in [0, 0.05) is 11.6 Å². The monoisotopic (exact) mass is 409 g/mol. The maximum Gasteiger partial charge on any atom is 0.434 e. The minimum atomic E-state index is -4.56. The number of nitrogens with one attached hydrogen (secondary N) is 2. The number of urea groups is 1. The van der Waals surface area contributed by atoms with Crippen molar-refractivity contribution in [1.82, 2.24) is 10.3 Å². The van der Waals surface area contributed by atoms with Crippen LogP contribution in [0.4, 0.5) is 23.7 Å². The van der Waals surface area contributed by atoms with Crippen molar-refractivity contribution in [3.05, 3.63) is 34.3 Å². The molecular weight excluding hydrogens is 395 g/mol. The molecule has 12 heteroatoms. The smallest absolute Gasteiger partial charge is 0.434 e. The van der Waals surface area contributed by atoms with Crippen molar-refractivity contribution >= 4 is 32.9 Å². The molecule has 0 aliphatic carbocycles. The van der Waals surface area contributed by atoms with Gasteiger partial charge in [-0.05, 0) is 12.1 Å². The molecule has 1 heterocycles. The van der Waals surface area contributed by atoms with E-state index in [1.54, 1.807) is 0 Å². The molecule has 7 nitrogen and oxygen atoms in total. The molecule has 0 aliphatic rings. The van der Waals surface area contributed by atoms with Crippen LogP contribution >= 0.6 is 11.3 Å². The summed E-state index contributed by atoms with van der Waals surface area (Å²) >= 11 is 0.746. The number of sulfone groups is 1. The van der Waals surface area contributed by atoms with Gasteiger partial charge in [-0.2, -0.15) is 13.2 Å². The maximum absolute atomic E-state index is 12.5. The molecule has 0 radical (unpaired) electrons. The topological polar surface area (TPSA) is 97.4 Å². The van der Waals surface area contributed by atoms with Crippen LogP contribution in [0.25, 0.3) is 0 Å². The van der Waals surface area contributed by atoms with Crippen molar-refractivity contribution in [2.24, 2.45) is 0 Å². The van der Waals surface area contributed by atoms with Gasteiger partial charge in [-0.15, -0.1) is 11.3 Å². The number of alkyl halides is 3. The van der Waals surface area contributed by atoms with Gasteiger partial charge in [0.2, 0.25) is 0 Å². The number of carbonyl (C=O) groups excluding carboxylic acids is 1. The first kappa shape index (κ1) is 20.0. The normalized spacial score (nSPS) is 11.9. The third kappa shape index (κ3) is 4.85. The number of amides is 2. The number of hydrogen-bond donors (Lipinski definition) is 2. The largest absolute Gasteiger partial charge is 0.495 e. The summed E-state index contributed by atoms with van der Waals surface area (Å²) < 4.78 is 66.2. The summed E-state index contributed by atoms with van der Waals surface area (Å²) in [6.07, 6.45) is -3.59. The number of anilines is 1. The Morgan fingerprint density at radius 1 is 1.35 bits per heavy atom. The average Bonchev–Trinajstić information content (AvgIpc) is 3.01. The summed E-state index contributed by atoms with van der Waals surface area (Å²) in [5.41, 5.74) is -1.10. The molecule has 1 aromatic heterocycles. The first-order chi connectivity index (χ1) is 12.0. The summed E-state index contributed by atoms with van der Waals surface area (Å²) in [5, 5.41) is 5.56. The summed E-state index contributed by atoms with van der Waals surface area (Å²) in [5.74, 6) is 0.122. The van der Waals surface area contributed by atoms with Crippen LogP contribution in [-0.2, 0) is 22.6 Å². The molecule has 0 atom stereocenters. The Balaban J connectivity index is 2.12. The van der Waals surface area contributed by atoms with Crippen molar-refractivity contribution in [3.8, 4) is 5.75 Å². The number of ether oxygens (including phenoxy) is 1. The van der Waals surface area contributed by atoms with E-state index in [-0.39, 0.29) is 27.9 Å². The molecule has 0 saturated carbocycles. The number of halogens is 3. The highest BCUT2D eigenvalue weighted by Crippen LogP contribution is 2.32. The number of thiazole rings is 1. The first-order valence-electron chi connectivity index (χ1n) is 6.96. The fourth-order valence-electron chi connectivity index (χ4n) is 1.95. The zero-order valence-corrected chi connectivity index (χ0v) is 15.2. The molecule has 0 spiro atoms. The Hall–Kier alpha value is -2.34. The van der Waals surface area contributed by atoms with Crippen LogP contribution in [0.2, 0.25) is 0 Å². The Bertz CT molecular complexity index is 910. The predicted octanol–water partition coefficient (Wildman–Crippen LogP) is 2.90. The molecule has 1 aromatic carbocycles. The van der Waals surface area contributed by atoms with E-state index in [2.05, 4.69) is 15.6 Å². The Morgan fingerprint density at radius 3 is 2.58 bits per heavy atom. The lowest BCUT2D eigenvalue weighted by Gasteiger charge is -2.14. The van der Waals surface area contributed by atoms with Crippen molar-refractivity contribution in [2.75, 3.05) is 18.7 Å². The SMILES string of the molecule is COc1cccc(S(C)(=O)=O)c1NC(=O)NCc1nc(C(F)(F)F)cs1. The van der Waals surface area contributed by atoms with Crippen LogP contribution in [0, 0.1) is 0 Å². The zero-order chi connectivity index (χ0) is 19.5. The van der Waals surface area contributed by atoms with E-state index in [0.717, 1.165) is 23.0 Å². The van der Waals surface area contributed by atoms with Crippen LogP contribution in [-0.4, -0.2) is 32.8 Å². The van der Waals surface area contributed by atoms with Crippen LogP contribution < -0.4 is 15.4 Å². The lowest BCUT2D eigenvalue weighted by molar-refractivity contribution is -0.140. The number of benzene rings is 1. The summed E-state index contributed by atoms with van der Waals surface area (Å²) in [6.45, 7) is -0.254. The van der Waals surface area contributed by atoms with Gasteiger partial charge >= 0.3 is 12.2 Å². The van der Waals surface area contributed by atoms with Gasteiger partial charge in [0.05, 0.1) is 18.6 Å². The molecule has 26 heavy (non-hydrogen) atoms. The lowest BCUT2D eigenvalue weighted by atomic mass is 10.3. The molecule has 2 rings (SSSR count). The maximum atomic E-state index is 12.5. The Labute approximate surface area is 151 Å². The third-order valence-electron chi connectivity index (χ3n) is 3.09. The van der Waals surface area contributed by atoms with Gasteiger partial charge < -0.3 is 15.4 Å². The number of para-hydroxylation sites is 1. The molecule has 0 fully saturated rings. The summed E-state index contributed by atoms with van der Waals surface area (Å²) in [4.78, 5) is 15.2. The Morgan fingerprint density at radius 2 is 2.04 bits per heavy atom. The van der Waals surface area contributed by atoms with Crippen LogP contribution in [0.5, 0.6) is 5.75 Å². The second-order valence-corrected chi connectivity index (χ2v) is 7.96. The van der Waals surface area contributed by atoms with Gasteiger partial charge in [0.1, 0.15) is 16.4 Å². The number of hydrogen-bond acceptors (Lipinski definition) is 6. The number of nitrogens with zero attached hydrogens (tertiary/aromatic N) is 1. The van der Waals surface area contributed by atoms with Gasteiger partial charge in [0.25, 0.3) is 0 Å². The summed E-state index contributed by atoms with van der Waals surface area (Å²) in [6, 6.07) is 3.39. The molecule has 0 unspecified atom stereocenters. The molecule has 2 aromatic rings. The van der Waals surface area contributed by atoms with E-state index in [9.17, 15) is 26.4 Å². The molecule has 0 bridgehead atoms. The fourth-order valence-corrected chi connectivity index (χ4v) is 3.54.